The van der Waals surface area contributed by atoms with Crippen molar-refractivity contribution in [3.8, 4) is 0 Å². The molecule has 2 heterocycles. The molecule has 0 aromatic carbocycles. The molecule has 0 atom stereocenters. The van der Waals surface area contributed by atoms with Gasteiger partial charge in [-0.3, -0.25) is 4.68 Å². The van der Waals surface area contributed by atoms with Crippen molar-refractivity contribution in [2.75, 3.05) is 18.4 Å². The predicted octanol–water partition coefficient (Wildman–Crippen LogP) is 0.287. The maximum atomic E-state index is 4.33. The number of rotatable bonds is 3. The Balaban J connectivity index is 1.93. The Kier molecular flexibility index (Phi) is 1.99. The Labute approximate surface area is 72.0 Å². The fourth-order valence-electron chi connectivity index (χ4n) is 1.21. The van der Waals surface area contributed by atoms with E-state index < -0.39 is 0 Å². The highest BCUT2D eigenvalue weighted by atomic mass is 15.3. The smallest absolute Gasteiger partial charge is 0.148 e. The SMILES string of the molecule is CCn1ccc(NC2CNC2)n1. The van der Waals surface area contributed by atoms with Gasteiger partial charge in [-0.05, 0) is 6.92 Å². The van der Waals surface area contributed by atoms with E-state index in [-0.39, 0.29) is 0 Å². The van der Waals surface area contributed by atoms with Gasteiger partial charge < -0.3 is 10.6 Å². The van der Waals surface area contributed by atoms with Crippen molar-refractivity contribution in [3.05, 3.63) is 12.3 Å². The molecule has 4 nitrogen and oxygen atoms in total. The molecule has 1 aromatic heterocycles. The zero-order valence-electron chi connectivity index (χ0n) is 7.25. The maximum absolute atomic E-state index is 4.33. The number of hydrogen-bond acceptors (Lipinski definition) is 3. The summed E-state index contributed by atoms with van der Waals surface area (Å²) in [5, 5.41) is 10.9. The summed E-state index contributed by atoms with van der Waals surface area (Å²) in [5.74, 6) is 0.989. The normalized spacial score (nSPS) is 17.4. The zero-order chi connectivity index (χ0) is 8.39. The van der Waals surface area contributed by atoms with Gasteiger partial charge in [0.25, 0.3) is 0 Å². The van der Waals surface area contributed by atoms with Crippen LogP contribution in [0.2, 0.25) is 0 Å². The zero-order valence-corrected chi connectivity index (χ0v) is 7.25. The molecule has 0 saturated carbocycles. The second-order valence-corrected chi connectivity index (χ2v) is 3.06. The first-order valence-corrected chi connectivity index (χ1v) is 4.39. The number of nitrogens with zero attached hydrogens (tertiary/aromatic N) is 2. The van der Waals surface area contributed by atoms with Gasteiger partial charge in [0.1, 0.15) is 5.82 Å². The van der Waals surface area contributed by atoms with Gasteiger partial charge in [-0.2, -0.15) is 5.10 Å². The van der Waals surface area contributed by atoms with Gasteiger partial charge in [0.15, 0.2) is 0 Å². The summed E-state index contributed by atoms with van der Waals surface area (Å²) in [6.07, 6.45) is 1.99. The van der Waals surface area contributed by atoms with E-state index in [1.54, 1.807) is 0 Å². The summed E-state index contributed by atoms with van der Waals surface area (Å²) < 4.78 is 1.93. The molecule has 2 N–H and O–H groups in total. The lowest BCUT2D eigenvalue weighted by Gasteiger charge is -2.27. The Morgan fingerprint density at radius 1 is 1.75 bits per heavy atom. The molecule has 66 valence electrons. The molecule has 0 bridgehead atoms. The Hall–Kier alpha value is -1.03. The summed E-state index contributed by atoms with van der Waals surface area (Å²) in [7, 11) is 0. The largest absolute Gasteiger partial charge is 0.363 e. The number of aryl methyl sites for hydroxylation is 1. The molecule has 12 heavy (non-hydrogen) atoms. The van der Waals surface area contributed by atoms with Crippen molar-refractivity contribution in [1.82, 2.24) is 15.1 Å². The van der Waals surface area contributed by atoms with Crippen molar-refractivity contribution >= 4 is 5.82 Å². The van der Waals surface area contributed by atoms with Gasteiger partial charge in [-0.25, -0.2) is 0 Å². The highest BCUT2D eigenvalue weighted by molar-refractivity contribution is 5.34. The molecule has 1 fully saturated rings. The van der Waals surface area contributed by atoms with Gasteiger partial charge in [-0.1, -0.05) is 0 Å². The molecule has 0 spiro atoms. The van der Waals surface area contributed by atoms with Crippen molar-refractivity contribution < 1.29 is 0 Å². The summed E-state index contributed by atoms with van der Waals surface area (Å²) in [6, 6.07) is 2.59. The number of aromatic nitrogens is 2. The summed E-state index contributed by atoms with van der Waals surface area (Å²) in [6.45, 7) is 5.13. The second kappa shape index (κ2) is 3.15. The van der Waals surface area contributed by atoms with Gasteiger partial charge >= 0.3 is 0 Å². The number of hydrogen-bond donors (Lipinski definition) is 2. The summed E-state index contributed by atoms with van der Waals surface area (Å²) >= 11 is 0. The highest BCUT2D eigenvalue weighted by Gasteiger charge is 2.16. The third kappa shape index (κ3) is 1.43. The maximum Gasteiger partial charge on any atom is 0.148 e. The monoisotopic (exact) mass is 166 g/mol. The molecular weight excluding hydrogens is 152 g/mol. The minimum Gasteiger partial charge on any atom is -0.363 e. The molecule has 1 aromatic rings. The van der Waals surface area contributed by atoms with E-state index in [2.05, 4.69) is 22.7 Å². The highest BCUT2D eigenvalue weighted by Crippen LogP contribution is 2.06. The van der Waals surface area contributed by atoms with E-state index in [4.69, 9.17) is 0 Å². The lowest BCUT2D eigenvalue weighted by molar-refractivity contribution is 0.470. The molecule has 1 aliphatic heterocycles. The Bertz CT molecular complexity index is 251. The fraction of sp³-hybridized carbons (Fsp3) is 0.625. The number of nitrogens with one attached hydrogen (secondary N) is 2. The van der Waals surface area contributed by atoms with E-state index in [0.717, 1.165) is 25.5 Å². The van der Waals surface area contributed by atoms with E-state index in [1.165, 1.54) is 0 Å². The fourth-order valence-corrected chi connectivity index (χ4v) is 1.21. The third-order valence-electron chi connectivity index (χ3n) is 2.10. The quantitative estimate of drug-likeness (QED) is 0.678. The van der Waals surface area contributed by atoms with E-state index in [0.29, 0.717) is 6.04 Å². The van der Waals surface area contributed by atoms with Gasteiger partial charge in [0.05, 0.1) is 6.04 Å². The van der Waals surface area contributed by atoms with Crippen LogP contribution in [0.4, 0.5) is 5.82 Å². The minimum absolute atomic E-state index is 0.574. The van der Waals surface area contributed by atoms with Crippen LogP contribution >= 0.6 is 0 Å². The molecule has 4 heteroatoms. The minimum atomic E-state index is 0.574. The molecule has 0 aliphatic carbocycles. The average molecular weight is 166 g/mol. The molecule has 2 rings (SSSR count). The van der Waals surface area contributed by atoms with Crippen molar-refractivity contribution in [1.29, 1.82) is 0 Å². The Morgan fingerprint density at radius 2 is 2.58 bits per heavy atom. The van der Waals surface area contributed by atoms with E-state index in [1.807, 2.05) is 16.9 Å². The summed E-state index contributed by atoms with van der Waals surface area (Å²) in [5.41, 5.74) is 0. The molecule has 0 unspecified atom stereocenters. The summed E-state index contributed by atoms with van der Waals surface area (Å²) in [4.78, 5) is 0. The van der Waals surface area contributed by atoms with Crippen LogP contribution in [0.3, 0.4) is 0 Å². The molecule has 0 radical (unpaired) electrons. The van der Waals surface area contributed by atoms with Crippen LogP contribution in [0.1, 0.15) is 6.92 Å². The Morgan fingerprint density at radius 3 is 3.08 bits per heavy atom. The van der Waals surface area contributed by atoms with E-state index >= 15 is 0 Å². The van der Waals surface area contributed by atoms with Gasteiger partial charge in [0.2, 0.25) is 0 Å². The topological polar surface area (TPSA) is 41.9 Å². The molecular formula is C8H14N4. The van der Waals surface area contributed by atoms with Gasteiger partial charge in [-0.15, -0.1) is 0 Å². The van der Waals surface area contributed by atoms with Crippen molar-refractivity contribution in [2.24, 2.45) is 0 Å². The predicted molar refractivity (Wildman–Crippen MR) is 48.2 cm³/mol. The lowest BCUT2D eigenvalue weighted by atomic mass is 10.2. The van der Waals surface area contributed by atoms with Crippen LogP contribution in [0.15, 0.2) is 12.3 Å². The molecule has 1 aliphatic rings. The van der Waals surface area contributed by atoms with Crippen molar-refractivity contribution in [3.63, 3.8) is 0 Å². The third-order valence-corrected chi connectivity index (χ3v) is 2.10. The van der Waals surface area contributed by atoms with Crippen LogP contribution < -0.4 is 10.6 Å². The van der Waals surface area contributed by atoms with Crippen molar-refractivity contribution in [2.45, 2.75) is 19.5 Å². The first-order valence-electron chi connectivity index (χ1n) is 4.39. The van der Waals surface area contributed by atoms with Crippen LogP contribution in [-0.4, -0.2) is 28.9 Å². The van der Waals surface area contributed by atoms with Crippen LogP contribution in [0, 0.1) is 0 Å². The first kappa shape index (κ1) is 7.61. The van der Waals surface area contributed by atoms with E-state index in [9.17, 15) is 0 Å². The molecule has 1 saturated heterocycles. The molecule has 0 amide bonds. The van der Waals surface area contributed by atoms with Crippen LogP contribution in [0.25, 0.3) is 0 Å². The number of anilines is 1. The first-order chi connectivity index (χ1) is 5.88. The van der Waals surface area contributed by atoms with Crippen LogP contribution in [-0.2, 0) is 6.54 Å². The average Bonchev–Trinajstić information content (AvgIpc) is 2.44. The lowest BCUT2D eigenvalue weighted by Crippen LogP contribution is -2.51. The standard InChI is InChI=1S/C8H14N4/c1-2-12-4-3-8(11-12)10-7-5-9-6-7/h3-4,7,9H,2,5-6H2,1H3,(H,10,11). The van der Waals surface area contributed by atoms with Gasteiger partial charge in [0, 0.05) is 31.9 Å². The second-order valence-electron chi connectivity index (χ2n) is 3.06. The van der Waals surface area contributed by atoms with Crippen LogP contribution in [0.5, 0.6) is 0 Å².